The van der Waals surface area contributed by atoms with Crippen molar-refractivity contribution in [2.45, 2.75) is 30.7 Å². The minimum absolute atomic E-state index is 0.145. The molecule has 2 aliphatic rings. The molecule has 2 amide bonds. The molecule has 3 aromatic rings. The number of hydrogen-bond donors (Lipinski definition) is 1. The van der Waals surface area contributed by atoms with Crippen LogP contribution in [-0.4, -0.2) is 63.6 Å². The number of likely N-dealkylation sites (N-methyl/N-ethyl adjacent to an activating group) is 1. The number of carbonyl (C=O) groups is 2. The van der Waals surface area contributed by atoms with Crippen LogP contribution in [0.2, 0.25) is 0 Å². The second-order valence-electron chi connectivity index (χ2n) is 9.05. The Morgan fingerprint density at radius 2 is 2.03 bits per heavy atom. The van der Waals surface area contributed by atoms with Gasteiger partial charge in [-0.3, -0.25) is 14.3 Å². The van der Waals surface area contributed by atoms with E-state index in [0.29, 0.717) is 17.9 Å². The van der Waals surface area contributed by atoms with Crippen LogP contribution >= 0.6 is 23.1 Å². The number of nitrogens with zero attached hydrogens (tertiary/aromatic N) is 5. The number of carbonyl (C=O) groups excluding carboxylic acids is 2. The summed E-state index contributed by atoms with van der Waals surface area (Å²) in [6, 6.07) is 9.47. The van der Waals surface area contributed by atoms with Gasteiger partial charge in [0, 0.05) is 36.0 Å². The summed E-state index contributed by atoms with van der Waals surface area (Å²) < 4.78 is 3.49. The summed E-state index contributed by atoms with van der Waals surface area (Å²) in [5.41, 5.74) is 4.54. The van der Waals surface area contributed by atoms with Crippen molar-refractivity contribution in [1.29, 1.82) is 0 Å². The highest BCUT2D eigenvalue weighted by Crippen LogP contribution is 2.43. The van der Waals surface area contributed by atoms with Gasteiger partial charge in [-0.15, -0.1) is 23.1 Å². The van der Waals surface area contributed by atoms with Gasteiger partial charge in [-0.1, -0.05) is 46.9 Å². The largest absolute Gasteiger partial charge is 0.338 e. The number of rotatable bonds is 4. The van der Waals surface area contributed by atoms with Crippen molar-refractivity contribution in [2.24, 2.45) is 12.1 Å². The highest BCUT2D eigenvalue weighted by atomic mass is 32.2. The standard InChI is InChI=1S/C27H26N6O2S2/c1-17-23(11-10-19-14-28-31(2)15-19)37-27-24(17)36-16-22(26(35)32(27)3)29-25(34)21-13-20(33(4)30-21)12-18-8-6-5-7-9-18/h5-9,14-15,22H,12-13,16H2,1-4H3/p+1/t22-/m0/s1. The van der Waals surface area contributed by atoms with Crippen LogP contribution in [0, 0.1) is 18.8 Å². The molecule has 10 heteroatoms. The molecule has 5 rings (SSSR count). The number of nitrogens with one attached hydrogen (secondary N) is 1. The smallest absolute Gasteiger partial charge is 0.273 e. The molecule has 2 aliphatic heterocycles. The number of thioether (sulfide) groups is 1. The molecule has 37 heavy (non-hydrogen) atoms. The molecule has 1 aromatic carbocycles. The van der Waals surface area contributed by atoms with Crippen molar-refractivity contribution in [3.8, 4) is 11.8 Å². The number of hydrogen-bond acceptors (Lipinski definition) is 6. The van der Waals surface area contributed by atoms with Gasteiger partial charge in [0.15, 0.2) is 18.5 Å². The molecule has 0 unspecified atom stereocenters. The number of benzene rings is 1. The average Bonchev–Trinajstić information content (AvgIpc) is 3.55. The topological polar surface area (TPSA) is 82.6 Å². The number of aromatic nitrogens is 2. The zero-order valence-electron chi connectivity index (χ0n) is 21.1. The average molecular weight is 532 g/mol. The van der Waals surface area contributed by atoms with Gasteiger partial charge in [-0.2, -0.15) is 5.10 Å². The van der Waals surface area contributed by atoms with Gasteiger partial charge >= 0.3 is 0 Å². The first-order valence-corrected chi connectivity index (χ1v) is 13.7. The SMILES string of the molecule is Cc1c(C#Cc2cnn(C)c2)sc2c1SC[C@H](NC(=O)C1=N[N+](C)=C(Cc3ccccc3)C1)C(=O)N2C. The van der Waals surface area contributed by atoms with E-state index in [1.807, 2.05) is 45.4 Å². The molecular formula is C27H27N6O2S2+. The highest BCUT2D eigenvalue weighted by molar-refractivity contribution is 7.99. The normalized spacial score (nSPS) is 17.2. The van der Waals surface area contributed by atoms with Crippen LogP contribution in [-0.2, 0) is 23.1 Å². The number of fused-ring (bicyclic) bond motifs is 1. The minimum Gasteiger partial charge on any atom is -0.338 e. The fraction of sp³-hybridized carbons (Fsp3) is 0.296. The second kappa shape index (κ2) is 10.4. The van der Waals surface area contributed by atoms with E-state index < -0.39 is 6.04 Å². The van der Waals surface area contributed by atoms with Crippen molar-refractivity contribution >= 4 is 51.3 Å². The maximum atomic E-state index is 13.3. The van der Waals surface area contributed by atoms with Crippen molar-refractivity contribution in [3.63, 3.8) is 0 Å². The van der Waals surface area contributed by atoms with Crippen LogP contribution in [0.25, 0.3) is 0 Å². The number of amides is 2. The number of aryl methyl sites for hydroxylation is 1. The van der Waals surface area contributed by atoms with E-state index in [0.717, 1.165) is 38.0 Å². The monoisotopic (exact) mass is 531 g/mol. The van der Waals surface area contributed by atoms with E-state index in [4.69, 9.17) is 0 Å². The Morgan fingerprint density at radius 1 is 1.24 bits per heavy atom. The van der Waals surface area contributed by atoms with E-state index in [9.17, 15) is 9.59 Å². The lowest BCUT2D eigenvalue weighted by Gasteiger charge is -2.20. The molecule has 0 spiro atoms. The third-order valence-electron chi connectivity index (χ3n) is 6.35. The van der Waals surface area contributed by atoms with Gasteiger partial charge in [-0.05, 0) is 18.1 Å². The molecule has 188 valence electrons. The van der Waals surface area contributed by atoms with Crippen LogP contribution < -0.4 is 10.2 Å². The second-order valence-corrected chi connectivity index (χ2v) is 11.1. The van der Waals surface area contributed by atoms with Crippen molar-refractivity contribution in [2.75, 3.05) is 24.7 Å². The molecule has 0 radical (unpaired) electrons. The Kier molecular flexibility index (Phi) is 7.00. The molecule has 0 saturated carbocycles. The van der Waals surface area contributed by atoms with E-state index >= 15 is 0 Å². The summed E-state index contributed by atoms with van der Waals surface area (Å²) in [7, 11) is 5.47. The van der Waals surface area contributed by atoms with Crippen LogP contribution in [0.3, 0.4) is 0 Å². The zero-order chi connectivity index (χ0) is 26.1. The first kappa shape index (κ1) is 25.0. The maximum Gasteiger partial charge on any atom is 0.273 e. The summed E-state index contributed by atoms with van der Waals surface area (Å²) in [6.07, 6.45) is 4.79. The third kappa shape index (κ3) is 5.24. The predicted octanol–water partition coefficient (Wildman–Crippen LogP) is 2.83. The fourth-order valence-corrected chi connectivity index (χ4v) is 6.78. The van der Waals surface area contributed by atoms with Crippen molar-refractivity contribution in [1.82, 2.24) is 15.1 Å². The van der Waals surface area contributed by atoms with Gasteiger partial charge in [0.25, 0.3) is 11.8 Å². The molecule has 1 N–H and O–H groups in total. The zero-order valence-corrected chi connectivity index (χ0v) is 22.7. The summed E-state index contributed by atoms with van der Waals surface area (Å²) in [5, 5.41) is 12.4. The lowest BCUT2D eigenvalue weighted by Crippen LogP contribution is -2.50. The van der Waals surface area contributed by atoms with Crippen LogP contribution in [0.4, 0.5) is 5.00 Å². The Balaban J connectivity index is 1.26. The van der Waals surface area contributed by atoms with E-state index in [1.165, 1.54) is 16.9 Å². The lowest BCUT2D eigenvalue weighted by atomic mass is 10.0. The Bertz CT molecular complexity index is 1510. The van der Waals surface area contributed by atoms with Gasteiger partial charge in [0.2, 0.25) is 0 Å². The Morgan fingerprint density at radius 3 is 2.76 bits per heavy atom. The van der Waals surface area contributed by atoms with Crippen molar-refractivity contribution < 1.29 is 14.3 Å². The molecule has 0 fully saturated rings. The van der Waals surface area contributed by atoms with Crippen LogP contribution in [0.1, 0.15) is 28.0 Å². The maximum absolute atomic E-state index is 13.3. The summed E-state index contributed by atoms with van der Waals surface area (Å²) in [4.78, 5) is 30.0. The van der Waals surface area contributed by atoms with Gasteiger partial charge in [0.1, 0.15) is 11.0 Å². The van der Waals surface area contributed by atoms with Crippen LogP contribution in [0.15, 0.2) is 52.7 Å². The molecule has 1 atom stereocenters. The summed E-state index contributed by atoms with van der Waals surface area (Å²) in [6.45, 7) is 2.03. The first-order chi connectivity index (χ1) is 17.8. The van der Waals surface area contributed by atoms with Crippen molar-refractivity contribution in [3.05, 3.63) is 64.3 Å². The van der Waals surface area contributed by atoms with Gasteiger partial charge in [0.05, 0.1) is 29.5 Å². The fourth-order valence-electron chi connectivity index (χ4n) is 4.25. The Labute approximate surface area is 224 Å². The van der Waals surface area contributed by atoms with Gasteiger partial charge < -0.3 is 10.2 Å². The quantitative estimate of drug-likeness (QED) is 0.415. The van der Waals surface area contributed by atoms with E-state index in [-0.39, 0.29) is 11.8 Å². The molecule has 0 bridgehead atoms. The number of hydrazone groups is 1. The molecule has 8 nitrogen and oxygen atoms in total. The van der Waals surface area contributed by atoms with Crippen LogP contribution in [0.5, 0.6) is 0 Å². The van der Waals surface area contributed by atoms with Gasteiger partial charge in [-0.25, -0.2) is 0 Å². The molecule has 0 aliphatic carbocycles. The minimum atomic E-state index is -0.641. The number of anilines is 1. The lowest BCUT2D eigenvalue weighted by molar-refractivity contribution is -0.500. The molecule has 0 saturated heterocycles. The predicted molar refractivity (Wildman–Crippen MR) is 148 cm³/mol. The van der Waals surface area contributed by atoms with E-state index in [1.54, 1.807) is 39.3 Å². The molecule has 4 heterocycles. The summed E-state index contributed by atoms with van der Waals surface area (Å²) >= 11 is 3.08. The number of thiophene rings is 1. The highest BCUT2D eigenvalue weighted by Gasteiger charge is 2.35. The summed E-state index contributed by atoms with van der Waals surface area (Å²) in [5.74, 6) is 6.38. The van der Waals surface area contributed by atoms with E-state index in [2.05, 4.69) is 39.5 Å². The molecule has 2 aromatic heterocycles. The Hall–Kier alpha value is -3.68. The first-order valence-electron chi connectivity index (χ1n) is 11.8. The third-order valence-corrected chi connectivity index (χ3v) is 9.05. The molecular weight excluding hydrogens is 504 g/mol.